The Hall–Kier alpha value is -1.75. The maximum Gasteiger partial charge on any atom is 0.338 e. The van der Waals surface area contributed by atoms with Gasteiger partial charge in [-0.25, -0.2) is 4.79 Å². The molecule has 29 heavy (non-hydrogen) atoms. The minimum atomic E-state index is -1.56. The first-order valence-corrected chi connectivity index (χ1v) is 9.79. The summed E-state index contributed by atoms with van der Waals surface area (Å²) in [6.45, 7) is 3.92. The van der Waals surface area contributed by atoms with E-state index in [1.165, 1.54) is 24.3 Å². The summed E-state index contributed by atoms with van der Waals surface area (Å²) < 4.78 is 28.5. The predicted molar refractivity (Wildman–Crippen MR) is 97.0 cm³/mol. The fourth-order valence-corrected chi connectivity index (χ4v) is 4.64. The van der Waals surface area contributed by atoms with Gasteiger partial charge in [0.05, 0.1) is 18.1 Å². The summed E-state index contributed by atoms with van der Waals surface area (Å²) in [4.78, 5) is 12.7. The zero-order chi connectivity index (χ0) is 20.8. The van der Waals surface area contributed by atoms with Crippen molar-refractivity contribution in [1.82, 2.24) is 0 Å². The van der Waals surface area contributed by atoms with Crippen LogP contribution >= 0.6 is 0 Å². The maximum atomic E-state index is 12.7. The molecule has 0 bridgehead atoms. The van der Waals surface area contributed by atoms with Crippen LogP contribution in [0.2, 0.25) is 0 Å². The van der Waals surface area contributed by atoms with E-state index in [-0.39, 0.29) is 24.3 Å². The van der Waals surface area contributed by atoms with Crippen LogP contribution < -0.4 is 0 Å². The Balaban J connectivity index is 1.63. The topological polar surface area (TPSA) is 127 Å². The Morgan fingerprint density at radius 1 is 1.21 bits per heavy atom. The van der Waals surface area contributed by atoms with Crippen LogP contribution in [0.15, 0.2) is 24.3 Å². The number of carbonyl (C=O) groups excluding carboxylic acids is 1. The quantitative estimate of drug-likeness (QED) is 0.436. The third-order valence-electron chi connectivity index (χ3n) is 5.92. The van der Waals surface area contributed by atoms with Gasteiger partial charge in [0.25, 0.3) is 0 Å². The number of phenolic OH excluding ortho intramolecular Hbond substituents is 1. The lowest BCUT2D eigenvalue weighted by Gasteiger charge is -2.47. The third kappa shape index (κ3) is 3.22. The van der Waals surface area contributed by atoms with Crippen molar-refractivity contribution in [3.8, 4) is 5.75 Å². The molecule has 0 amide bonds. The van der Waals surface area contributed by atoms with E-state index in [1.54, 1.807) is 6.92 Å². The van der Waals surface area contributed by atoms with Gasteiger partial charge in [0, 0.05) is 19.6 Å². The maximum absolute atomic E-state index is 12.7. The number of rotatable bonds is 7. The summed E-state index contributed by atoms with van der Waals surface area (Å²) in [6.07, 6.45) is -3.30. The minimum absolute atomic E-state index is 0.0227. The van der Waals surface area contributed by atoms with E-state index in [2.05, 4.69) is 0 Å². The van der Waals surface area contributed by atoms with Gasteiger partial charge in [-0.1, -0.05) is 0 Å². The Labute approximate surface area is 168 Å². The summed E-state index contributed by atoms with van der Waals surface area (Å²) in [5.41, 5.74) is -2.44. The molecule has 4 rings (SSSR count). The van der Waals surface area contributed by atoms with E-state index in [0.717, 1.165) is 0 Å². The molecule has 3 fully saturated rings. The van der Waals surface area contributed by atoms with Crippen molar-refractivity contribution in [3.63, 3.8) is 0 Å². The summed E-state index contributed by atoms with van der Waals surface area (Å²) in [6, 6.07) is 5.60. The number of fused-ring (bicyclic) bond motifs is 3. The molecule has 0 unspecified atom stereocenters. The van der Waals surface area contributed by atoms with Crippen molar-refractivity contribution < 1.29 is 43.8 Å². The van der Waals surface area contributed by atoms with E-state index in [0.29, 0.717) is 13.2 Å². The number of carbonyl (C=O) groups is 1. The van der Waals surface area contributed by atoms with Crippen LogP contribution in [0.25, 0.3) is 0 Å². The largest absolute Gasteiger partial charge is 0.508 e. The number of epoxide rings is 1. The smallest absolute Gasteiger partial charge is 0.338 e. The molecule has 3 N–H and O–H groups in total. The number of aliphatic hydroxyl groups excluding tert-OH is 1. The highest BCUT2D eigenvalue weighted by atomic mass is 16.8. The SMILES string of the molecule is CCO[C@@H]1C[C@@]2(O)[C@H](OC(=O)c3ccc(O)cc3)[C@@H]3O[C@]3(CO)[C@H]2[C@H](OCC)O1. The Kier molecular flexibility index (Phi) is 5.30. The number of ether oxygens (including phenoxy) is 5. The fourth-order valence-electron chi connectivity index (χ4n) is 4.64. The molecule has 1 aromatic carbocycles. The molecular formula is C20H26O9. The second kappa shape index (κ2) is 7.50. The zero-order valence-electron chi connectivity index (χ0n) is 16.3. The molecule has 0 spiro atoms. The number of hydrogen-bond acceptors (Lipinski definition) is 9. The van der Waals surface area contributed by atoms with Crippen LogP contribution in [0.3, 0.4) is 0 Å². The van der Waals surface area contributed by atoms with E-state index >= 15 is 0 Å². The van der Waals surface area contributed by atoms with Gasteiger partial charge in [-0.05, 0) is 38.1 Å². The van der Waals surface area contributed by atoms with Crippen molar-refractivity contribution in [2.75, 3.05) is 19.8 Å². The number of hydrogen-bond donors (Lipinski definition) is 3. The zero-order valence-corrected chi connectivity index (χ0v) is 16.3. The van der Waals surface area contributed by atoms with Crippen LogP contribution in [0, 0.1) is 5.92 Å². The van der Waals surface area contributed by atoms with Crippen LogP contribution in [0.4, 0.5) is 0 Å². The number of aliphatic hydroxyl groups is 2. The summed E-state index contributed by atoms with van der Waals surface area (Å²) >= 11 is 0. The molecule has 1 saturated carbocycles. The highest BCUT2D eigenvalue weighted by molar-refractivity contribution is 5.89. The van der Waals surface area contributed by atoms with Crippen LogP contribution in [-0.2, 0) is 23.7 Å². The highest BCUT2D eigenvalue weighted by Crippen LogP contribution is 2.63. The van der Waals surface area contributed by atoms with Crippen molar-refractivity contribution in [2.24, 2.45) is 5.92 Å². The third-order valence-corrected chi connectivity index (χ3v) is 5.92. The number of aromatic hydroxyl groups is 1. The molecule has 9 nitrogen and oxygen atoms in total. The minimum Gasteiger partial charge on any atom is -0.508 e. The Bertz CT molecular complexity index is 753. The average Bonchev–Trinajstić information content (AvgIpc) is 3.36. The van der Waals surface area contributed by atoms with Gasteiger partial charge in [-0.15, -0.1) is 0 Å². The van der Waals surface area contributed by atoms with E-state index in [4.69, 9.17) is 23.7 Å². The first kappa shape index (κ1) is 20.5. The van der Waals surface area contributed by atoms with Crippen LogP contribution in [0.1, 0.15) is 30.6 Å². The van der Waals surface area contributed by atoms with Crippen molar-refractivity contribution in [2.45, 2.75) is 56.3 Å². The fraction of sp³-hybridized carbons (Fsp3) is 0.650. The molecule has 7 atom stereocenters. The second-order valence-electron chi connectivity index (χ2n) is 7.54. The molecule has 1 aliphatic carbocycles. The lowest BCUT2D eigenvalue weighted by atomic mass is 9.78. The summed E-state index contributed by atoms with van der Waals surface area (Å²) in [5, 5.41) is 31.1. The van der Waals surface area contributed by atoms with E-state index < -0.39 is 47.9 Å². The molecule has 2 heterocycles. The summed E-state index contributed by atoms with van der Waals surface area (Å²) in [5.74, 6) is -1.40. The molecule has 0 aromatic heterocycles. The molecule has 160 valence electrons. The second-order valence-corrected chi connectivity index (χ2v) is 7.54. The molecule has 9 heteroatoms. The van der Waals surface area contributed by atoms with Gasteiger partial charge in [-0.3, -0.25) is 0 Å². The van der Waals surface area contributed by atoms with Crippen LogP contribution in [-0.4, -0.2) is 77.1 Å². The van der Waals surface area contributed by atoms with Gasteiger partial charge in [0.1, 0.15) is 23.1 Å². The monoisotopic (exact) mass is 410 g/mol. The van der Waals surface area contributed by atoms with Crippen molar-refractivity contribution >= 4 is 5.97 Å². The van der Waals surface area contributed by atoms with Crippen LogP contribution in [0.5, 0.6) is 5.75 Å². The number of benzene rings is 1. The first-order chi connectivity index (χ1) is 13.9. The molecule has 0 radical (unpaired) electrons. The van der Waals surface area contributed by atoms with E-state index in [1.807, 2.05) is 6.92 Å². The average molecular weight is 410 g/mol. The Morgan fingerprint density at radius 2 is 1.90 bits per heavy atom. The standard InChI is InChI=1S/C20H26O9/c1-3-25-13-9-19(24)14(18(27-13)26-4-2)20(10-21)16(29-20)15(19)28-17(23)11-5-7-12(22)8-6-11/h5-8,13-16,18,21-22,24H,3-4,9-10H2,1-2H3/t13-,14-,15+,16-,18+,19-,20+/m0/s1. The Morgan fingerprint density at radius 3 is 2.52 bits per heavy atom. The van der Waals surface area contributed by atoms with Gasteiger partial charge >= 0.3 is 5.97 Å². The van der Waals surface area contributed by atoms with Gasteiger partial charge < -0.3 is 39.0 Å². The molecular weight excluding hydrogens is 384 g/mol. The molecule has 3 aliphatic rings. The predicted octanol–water partition coefficient (Wildman–Crippen LogP) is 0.554. The summed E-state index contributed by atoms with van der Waals surface area (Å²) in [7, 11) is 0. The van der Waals surface area contributed by atoms with Crippen molar-refractivity contribution in [1.29, 1.82) is 0 Å². The van der Waals surface area contributed by atoms with Gasteiger partial charge in [0.15, 0.2) is 18.7 Å². The number of phenols is 1. The first-order valence-electron chi connectivity index (χ1n) is 9.79. The van der Waals surface area contributed by atoms with Gasteiger partial charge in [0.2, 0.25) is 0 Å². The molecule has 2 saturated heterocycles. The van der Waals surface area contributed by atoms with E-state index in [9.17, 15) is 20.1 Å². The normalized spacial score (nSPS) is 40.2. The highest BCUT2D eigenvalue weighted by Gasteiger charge is 2.83. The lowest BCUT2D eigenvalue weighted by Crippen LogP contribution is -2.62. The molecule has 1 aromatic rings. The number of esters is 1. The van der Waals surface area contributed by atoms with Crippen molar-refractivity contribution in [3.05, 3.63) is 29.8 Å². The lowest BCUT2D eigenvalue weighted by molar-refractivity contribution is -0.343. The molecule has 2 aliphatic heterocycles. The van der Waals surface area contributed by atoms with Gasteiger partial charge in [-0.2, -0.15) is 0 Å².